The third-order valence-corrected chi connectivity index (χ3v) is 7.80. The highest BCUT2D eigenvalue weighted by Crippen LogP contribution is 2.54. The summed E-state index contributed by atoms with van der Waals surface area (Å²) in [5.74, 6) is -1.96. The van der Waals surface area contributed by atoms with Crippen LogP contribution in [0.4, 0.5) is 17.6 Å². The van der Waals surface area contributed by atoms with E-state index in [1.54, 1.807) is 23.0 Å². The molecule has 1 amide bonds. The van der Waals surface area contributed by atoms with Crippen molar-refractivity contribution in [2.24, 2.45) is 11.8 Å². The molecule has 8 heteroatoms. The number of hydrogen-bond acceptors (Lipinski definition) is 2. The molecule has 1 N–H and O–H groups in total. The highest BCUT2D eigenvalue weighted by atomic mass is 19.4. The van der Waals surface area contributed by atoms with Crippen molar-refractivity contribution < 1.29 is 22.4 Å². The molecule has 0 radical (unpaired) electrons. The minimum absolute atomic E-state index is 0.0614. The van der Waals surface area contributed by atoms with Gasteiger partial charge in [-0.15, -0.1) is 0 Å². The lowest BCUT2D eigenvalue weighted by Gasteiger charge is -2.47. The second-order valence-corrected chi connectivity index (χ2v) is 9.77. The Morgan fingerprint density at radius 1 is 1.21 bits per heavy atom. The second-order valence-electron chi connectivity index (χ2n) is 9.77. The summed E-state index contributed by atoms with van der Waals surface area (Å²) < 4.78 is 56.1. The van der Waals surface area contributed by atoms with E-state index in [0.717, 1.165) is 40.6 Å². The zero-order valence-electron chi connectivity index (χ0n) is 19.0. The fraction of sp³-hybridized carbons (Fsp3) is 0.462. The average molecular weight is 474 g/mol. The summed E-state index contributed by atoms with van der Waals surface area (Å²) in [7, 11) is 0. The van der Waals surface area contributed by atoms with Crippen molar-refractivity contribution in [1.29, 1.82) is 0 Å². The first-order chi connectivity index (χ1) is 16.2. The van der Waals surface area contributed by atoms with Crippen LogP contribution in [0.2, 0.25) is 0 Å². The van der Waals surface area contributed by atoms with Gasteiger partial charge in [0.2, 0.25) is 5.91 Å². The van der Waals surface area contributed by atoms with Crippen LogP contribution in [0.15, 0.2) is 42.6 Å². The number of hydrogen-bond donors (Lipinski definition) is 1. The molecular formula is C26H27F4N3O. The van der Waals surface area contributed by atoms with Gasteiger partial charge in [-0.2, -0.15) is 18.3 Å². The van der Waals surface area contributed by atoms with Gasteiger partial charge in [0, 0.05) is 24.3 Å². The molecule has 0 bridgehead atoms. The van der Waals surface area contributed by atoms with E-state index in [4.69, 9.17) is 0 Å². The van der Waals surface area contributed by atoms with Crippen molar-refractivity contribution >= 4 is 16.8 Å². The summed E-state index contributed by atoms with van der Waals surface area (Å²) in [5, 5.41) is 8.32. The van der Waals surface area contributed by atoms with E-state index in [-0.39, 0.29) is 30.5 Å². The predicted octanol–water partition coefficient (Wildman–Crippen LogP) is 5.85. The molecule has 180 valence electrons. The van der Waals surface area contributed by atoms with E-state index in [1.165, 1.54) is 19.1 Å². The molecule has 2 aliphatic carbocycles. The molecule has 2 aromatic carbocycles. The molecule has 0 saturated heterocycles. The number of aryl methyl sites for hydroxylation is 1. The number of carbonyl (C=O) groups excluding carboxylic acids is 1. The second kappa shape index (κ2) is 8.40. The number of alkyl halides is 3. The maximum Gasteiger partial charge on any atom is 0.391 e. The topological polar surface area (TPSA) is 46.9 Å². The maximum absolute atomic E-state index is 13.6. The van der Waals surface area contributed by atoms with Crippen LogP contribution in [-0.2, 0) is 16.6 Å². The fourth-order valence-electron chi connectivity index (χ4n) is 6.09. The summed E-state index contributed by atoms with van der Waals surface area (Å²) >= 11 is 0. The SMILES string of the molecule is CC(=O)NCC12CCC(C(F)(F)F)CC1CCCc1cc3c(cnn3-c3ccc(F)cc3)cc12. The van der Waals surface area contributed by atoms with Crippen molar-refractivity contribution in [3.8, 4) is 5.69 Å². The van der Waals surface area contributed by atoms with Gasteiger partial charge in [0.25, 0.3) is 0 Å². The molecule has 1 aromatic heterocycles. The molecular weight excluding hydrogens is 446 g/mol. The maximum atomic E-state index is 13.6. The van der Waals surface area contributed by atoms with Crippen LogP contribution in [0.1, 0.15) is 50.2 Å². The van der Waals surface area contributed by atoms with Gasteiger partial charge >= 0.3 is 6.18 Å². The molecule has 1 heterocycles. The van der Waals surface area contributed by atoms with Gasteiger partial charge in [-0.1, -0.05) is 0 Å². The van der Waals surface area contributed by atoms with E-state index < -0.39 is 17.5 Å². The van der Waals surface area contributed by atoms with Gasteiger partial charge in [-0.05, 0) is 92.0 Å². The first kappa shape index (κ1) is 22.9. The van der Waals surface area contributed by atoms with Crippen molar-refractivity contribution in [2.45, 2.75) is 57.0 Å². The lowest BCUT2D eigenvalue weighted by molar-refractivity contribution is -0.190. The number of benzene rings is 2. The summed E-state index contributed by atoms with van der Waals surface area (Å²) in [6.45, 7) is 1.78. The number of aromatic nitrogens is 2. The molecule has 0 spiro atoms. The molecule has 1 saturated carbocycles. The van der Waals surface area contributed by atoms with Crippen LogP contribution >= 0.6 is 0 Å². The number of amides is 1. The quantitative estimate of drug-likeness (QED) is 0.485. The van der Waals surface area contributed by atoms with E-state index in [9.17, 15) is 22.4 Å². The molecule has 0 aliphatic heterocycles. The zero-order chi connectivity index (χ0) is 24.1. The van der Waals surface area contributed by atoms with E-state index >= 15 is 0 Å². The minimum atomic E-state index is -4.20. The van der Waals surface area contributed by atoms with Crippen molar-refractivity contribution in [2.75, 3.05) is 6.54 Å². The van der Waals surface area contributed by atoms with Crippen LogP contribution in [0.3, 0.4) is 0 Å². The molecule has 3 atom stereocenters. The first-order valence-corrected chi connectivity index (χ1v) is 11.8. The standard InChI is InChI=1S/C26H27F4N3O/c1-16(34)31-15-25-10-9-20(26(28,29)30)13-19(25)4-2-3-17-12-24-18(11-23(17)25)14-32-33(24)22-7-5-21(27)6-8-22/h5-8,11-12,14,19-20H,2-4,9-10,13,15H2,1H3,(H,31,34). The van der Waals surface area contributed by atoms with Crippen molar-refractivity contribution in [3.63, 3.8) is 0 Å². The third-order valence-electron chi connectivity index (χ3n) is 7.80. The van der Waals surface area contributed by atoms with E-state index in [1.807, 2.05) is 0 Å². The Kier molecular flexibility index (Phi) is 5.65. The molecule has 5 rings (SSSR count). The minimum Gasteiger partial charge on any atom is -0.355 e. The Bertz CT molecular complexity index is 1220. The number of fused-ring (bicyclic) bond motifs is 4. The molecule has 2 aliphatic rings. The molecule has 3 aromatic rings. The first-order valence-electron chi connectivity index (χ1n) is 11.8. The van der Waals surface area contributed by atoms with Crippen LogP contribution in [0, 0.1) is 17.7 Å². The molecule has 3 unspecified atom stereocenters. The van der Waals surface area contributed by atoms with Crippen molar-refractivity contribution in [3.05, 3.63) is 59.5 Å². The van der Waals surface area contributed by atoms with Crippen LogP contribution in [0.5, 0.6) is 0 Å². The Morgan fingerprint density at radius 2 is 1.97 bits per heavy atom. The number of nitrogens with one attached hydrogen (secondary N) is 1. The number of nitrogens with zero attached hydrogens (tertiary/aromatic N) is 2. The number of halogens is 4. The van der Waals surface area contributed by atoms with Crippen LogP contribution in [-0.4, -0.2) is 28.4 Å². The van der Waals surface area contributed by atoms with Gasteiger partial charge in [0.1, 0.15) is 5.82 Å². The number of carbonyl (C=O) groups is 1. The van der Waals surface area contributed by atoms with Gasteiger partial charge in [-0.3, -0.25) is 4.79 Å². The van der Waals surface area contributed by atoms with E-state index in [2.05, 4.69) is 22.5 Å². The largest absolute Gasteiger partial charge is 0.391 e. The molecule has 1 fully saturated rings. The van der Waals surface area contributed by atoms with Crippen LogP contribution < -0.4 is 5.32 Å². The predicted molar refractivity (Wildman–Crippen MR) is 121 cm³/mol. The molecule has 4 nitrogen and oxygen atoms in total. The number of rotatable bonds is 3. The fourth-order valence-corrected chi connectivity index (χ4v) is 6.09. The van der Waals surface area contributed by atoms with Crippen molar-refractivity contribution in [1.82, 2.24) is 15.1 Å². The van der Waals surface area contributed by atoms with Gasteiger partial charge in [-0.25, -0.2) is 9.07 Å². The van der Waals surface area contributed by atoms with E-state index in [0.29, 0.717) is 19.4 Å². The summed E-state index contributed by atoms with van der Waals surface area (Å²) in [6.07, 6.45) is 0.326. The van der Waals surface area contributed by atoms with Crippen LogP contribution in [0.25, 0.3) is 16.6 Å². The monoisotopic (exact) mass is 473 g/mol. The Balaban J connectivity index is 1.62. The Morgan fingerprint density at radius 3 is 2.68 bits per heavy atom. The zero-order valence-corrected chi connectivity index (χ0v) is 19.0. The summed E-state index contributed by atoms with van der Waals surface area (Å²) in [4.78, 5) is 11.8. The summed E-state index contributed by atoms with van der Waals surface area (Å²) in [6, 6.07) is 10.2. The van der Waals surface area contributed by atoms with Gasteiger partial charge in [0.05, 0.1) is 23.3 Å². The highest BCUT2D eigenvalue weighted by molar-refractivity contribution is 5.83. The lowest BCUT2D eigenvalue weighted by atomic mass is 9.59. The Labute approximate surface area is 195 Å². The normalized spacial score (nSPS) is 24.9. The smallest absolute Gasteiger partial charge is 0.355 e. The van der Waals surface area contributed by atoms with Gasteiger partial charge < -0.3 is 5.32 Å². The lowest BCUT2D eigenvalue weighted by Crippen LogP contribution is -2.50. The highest BCUT2D eigenvalue weighted by Gasteiger charge is 2.52. The van der Waals surface area contributed by atoms with Gasteiger partial charge in [0.15, 0.2) is 0 Å². The average Bonchev–Trinajstić information content (AvgIpc) is 3.13. The third kappa shape index (κ3) is 3.97. The Hall–Kier alpha value is -2.90. The summed E-state index contributed by atoms with van der Waals surface area (Å²) in [5.41, 5.74) is 3.21. The molecule has 34 heavy (non-hydrogen) atoms.